The maximum Gasteiger partial charge on any atom is 0.389 e. The second kappa shape index (κ2) is 7.00. The highest BCUT2D eigenvalue weighted by Gasteiger charge is 2.40. The molecule has 0 unspecified atom stereocenters. The molecule has 0 aliphatic heterocycles. The summed E-state index contributed by atoms with van der Waals surface area (Å²) in [6.45, 7) is 2.06. The Bertz CT molecular complexity index is 389. The number of nitrogens with one attached hydrogen (secondary N) is 1. The molecule has 21 heavy (non-hydrogen) atoms. The monoisotopic (exact) mass is 309 g/mol. The number of amidine groups is 1. The predicted octanol–water partition coefficient (Wildman–Crippen LogP) is 2.53. The molecule has 1 amide bonds. The van der Waals surface area contributed by atoms with E-state index < -0.39 is 30.5 Å². The van der Waals surface area contributed by atoms with Gasteiger partial charge in [0.15, 0.2) is 5.84 Å². The van der Waals surface area contributed by atoms with Crippen LogP contribution < -0.4 is 11.1 Å². The number of rotatable bonds is 5. The zero-order valence-corrected chi connectivity index (χ0v) is 12.0. The molecule has 1 aliphatic rings. The van der Waals surface area contributed by atoms with Crippen molar-refractivity contribution in [1.29, 1.82) is 0 Å². The molecule has 0 spiro atoms. The van der Waals surface area contributed by atoms with E-state index >= 15 is 0 Å². The van der Waals surface area contributed by atoms with Crippen LogP contribution in [0.4, 0.5) is 13.2 Å². The molecule has 1 rings (SSSR count). The SMILES string of the molecule is CCC1CCC(NC(=O)CCC(F)(F)F)(C(N)=NO)CC1. The molecule has 0 radical (unpaired) electrons. The summed E-state index contributed by atoms with van der Waals surface area (Å²) in [6.07, 6.45) is -2.70. The molecular formula is C13H22F3N3O2. The number of hydrogen-bond donors (Lipinski definition) is 3. The molecule has 1 aliphatic carbocycles. The Morgan fingerprint density at radius 2 is 2.00 bits per heavy atom. The van der Waals surface area contributed by atoms with Crippen molar-refractivity contribution in [2.24, 2.45) is 16.8 Å². The van der Waals surface area contributed by atoms with Gasteiger partial charge >= 0.3 is 6.18 Å². The molecule has 5 nitrogen and oxygen atoms in total. The Hall–Kier alpha value is -1.47. The Balaban J connectivity index is 2.70. The van der Waals surface area contributed by atoms with E-state index in [9.17, 15) is 18.0 Å². The van der Waals surface area contributed by atoms with Gasteiger partial charge in [-0.25, -0.2) is 0 Å². The van der Waals surface area contributed by atoms with Gasteiger partial charge < -0.3 is 16.3 Å². The maximum atomic E-state index is 12.1. The number of halogens is 3. The van der Waals surface area contributed by atoms with Crippen LogP contribution in [0.25, 0.3) is 0 Å². The van der Waals surface area contributed by atoms with E-state index in [2.05, 4.69) is 17.4 Å². The normalized spacial score (nSPS) is 27.4. The molecule has 122 valence electrons. The Morgan fingerprint density at radius 1 is 1.43 bits per heavy atom. The van der Waals surface area contributed by atoms with E-state index in [0.717, 1.165) is 19.3 Å². The van der Waals surface area contributed by atoms with Gasteiger partial charge in [-0.05, 0) is 31.6 Å². The van der Waals surface area contributed by atoms with E-state index in [1.165, 1.54) is 0 Å². The summed E-state index contributed by atoms with van der Waals surface area (Å²) >= 11 is 0. The van der Waals surface area contributed by atoms with Crippen molar-refractivity contribution in [3.05, 3.63) is 0 Å². The third-order valence-corrected chi connectivity index (χ3v) is 4.15. The van der Waals surface area contributed by atoms with Crippen LogP contribution in [0, 0.1) is 5.92 Å². The van der Waals surface area contributed by atoms with Crippen molar-refractivity contribution < 1.29 is 23.2 Å². The van der Waals surface area contributed by atoms with E-state index in [1.54, 1.807) is 0 Å². The second-order valence-corrected chi connectivity index (χ2v) is 5.58. The van der Waals surface area contributed by atoms with Crippen LogP contribution in [0.1, 0.15) is 51.9 Å². The summed E-state index contributed by atoms with van der Waals surface area (Å²) in [4.78, 5) is 11.7. The molecule has 4 N–H and O–H groups in total. The lowest BCUT2D eigenvalue weighted by molar-refractivity contribution is -0.144. The topological polar surface area (TPSA) is 87.7 Å². The van der Waals surface area contributed by atoms with Gasteiger partial charge in [-0.2, -0.15) is 13.2 Å². The molecule has 1 saturated carbocycles. The van der Waals surface area contributed by atoms with Crippen LogP contribution in [0.5, 0.6) is 0 Å². The highest BCUT2D eigenvalue weighted by molar-refractivity contribution is 5.94. The average molecular weight is 309 g/mol. The summed E-state index contributed by atoms with van der Waals surface area (Å²) in [5.74, 6) is -0.372. The minimum absolute atomic E-state index is 0.141. The van der Waals surface area contributed by atoms with Crippen molar-refractivity contribution in [3.8, 4) is 0 Å². The fraction of sp³-hybridized carbons (Fsp3) is 0.846. The summed E-state index contributed by atoms with van der Waals surface area (Å²) in [7, 11) is 0. The molecule has 0 bridgehead atoms. The highest BCUT2D eigenvalue weighted by atomic mass is 19.4. The molecular weight excluding hydrogens is 287 g/mol. The quantitative estimate of drug-likeness (QED) is 0.315. The van der Waals surface area contributed by atoms with Gasteiger partial charge in [-0.3, -0.25) is 4.79 Å². The maximum absolute atomic E-state index is 12.1. The summed E-state index contributed by atoms with van der Waals surface area (Å²) < 4.78 is 36.4. The minimum atomic E-state index is -4.37. The van der Waals surface area contributed by atoms with Crippen molar-refractivity contribution in [2.45, 2.75) is 63.6 Å². The molecule has 1 fully saturated rings. The van der Waals surface area contributed by atoms with Gasteiger partial charge in [0, 0.05) is 6.42 Å². The van der Waals surface area contributed by atoms with Gasteiger partial charge in [-0.1, -0.05) is 18.5 Å². The molecule has 0 heterocycles. The predicted molar refractivity (Wildman–Crippen MR) is 71.8 cm³/mol. The minimum Gasteiger partial charge on any atom is -0.409 e. The fourth-order valence-electron chi connectivity index (χ4n) is 2.70. The van der Waals surface area contributed by atoms with Crippen LogP contribution in [0.15, 0.2) is 5.16 Å². The Morgan fingerprint density at radius 3 is 2.43 bits per heavy atom. The van der Waals surface area contributed by atoms with E-state index in [4.69, 9.17) is 10.9 Å². The molecule has 0 aromatic rings. The Labute approximate surface area is 121 Å². The molecule has 0 aromatic carbocycles. The van der Waals surface area contributed by atoms with Crippen molar-refractivity contribution in [3.63, 3.8) is 0 Å². The van der Waals surface area contributed by atoms with Gasteiger partial charge in [0.05, 0.1) is 6.42 Å². The van der Waals surface area contributed by atoms with Crippen molar-refractivity contribution >= 4 is 11.7 Å². The summed E-state index contributed by atoms with van der Waals surface area (Å²) in [5.41, 5.74) is 4.64. The number of alkyl halides is 3. The third kappa shape index (κ3) is 5.09. The number of oxime groups is 1. The van der Waals surface area contributed by atoms with Gasteiger partial charge in [-0.15, -0.1) is 0 Å². The van der Waals surface area contributed by atoms with Crippen LogP contribution in [-0.2, 0) is 4.79 Å². The third-order valence-electron chi connectivity index (χ3n) is 4.15. The zero-order chi connectivity index (χ0) is 16.1. The van der Waals surface area contributed by atoms with Crippen molar-refractivity contribution in [1.82, 2.24) is 5.32 Å². The Kier molecular flexibility index (Phi) is 5.86. The highest BCUT2D eigenvalue weighted by Crippen LogP contribution is 2.34. The number of carbonyl (C=O) groups excluding carboxylic acids is 1. The molecule has 0 saturated heterocycles. The molecule has 0 atom stereocenters. The molecule has 8 heteroatoms. The second-order valence-electron chi connectivity index (χ2n) is 5.58. The van der Waals surface area contributed by atoms with Crippen molar-refractivity contribution in [2.75, 3.05) is 0 Å². The number of amides is 1. The van der Waals surface area contributed by atoms with E-state index in [0.29, 0.717) is 18.8 Å². The van der Waals surface area contributed by atoms with E-state index in [-0.39, 0.29) is 5.84 Å². The first-order valence-corrected chi connectivity index (χ1v) is 7.08. The first-order chi connectivity index (χ1) is 9.72. The zero-order valence-electron chi connectivity index (χ0n) is 12.0. The van der Waals surface area contributed by atoms with Gasteiger partial charge in [0.1, 0.15) is 5.54 Å². The largest absolute Gasteiger partial charge is 0.409 e. The summed E-state index contributed by atoms with van der Waals surface area (Å²) in [6, 6.07) is 0. The smallest absolute Gasteiger partial charge is 0.389 e. The summed E-state index contributed by atoms with van der Waals surface area (Å²) in [5, 5.41) is 14.4. The van der Waals surface area contributed by atoms with Crippen LogP contribution in [0.3, 0.4) is 0 Å². The van der Waals surface area contributed by atoms with Gasteiger partial charge in [0.2, 0.25) is 5.91 Å². The lowest BCUT2D eigenvalue weighted by atomic mass is 9.75. The number of carbonyl (C=O) groups is 1. The molecule has 0 aromatic heterocycles. The lowest BCUT2D eigenvalue weighted by Gasteiger charge is -2.39. The number of nitrogens with two attached hydrogens (primary N) is 1. The standard InChI is InChI=1S/C13H22F3N3O2/c1-2-9-3-6-12(7-4-9,11(17)19-21)18-10(20)5-8-13(14,15)16/h9,21H,2-8H2,1H3,(H2,17,19)(H,18,20). The van der Waals surface area contributed by atoms with Crippen LogP contribution in [-0.4, -0.2) is 28.7 Å². The first-order valence-electron chi connectivity index (χ1n) is 7.08. The average Bonchev–Trinajstić information content (AvgIpc) is 2.44. The van der Waals surface area contributed by atoms with Crippen LogP contribution >= 0.6 is 0 Å². The van der Waals surface area contributed by atoms with E-state index in [1.807, 2.05) is 0 Å². The lowest BCUT2D eigenvalue weighted by Crippen LogP contribution is -2.59. The number of hydrogen-bond acceptors (Lipinski definition) is 3. The van der Waals surface area contributed by atoms with Gasteiger partial charge in [0.25, 0.3) is 0 Å². The fourth-order valence-corrected chi connectivity index (χ4v) is 2.70. The number of nitrogens with zero attached hydrogens (tertiary/aromatic N) is 1. The van der Waals surface area contributed by atoms with Crippen LogP contribution in [0.2, 0.25) is 0 Å². The first kappa shape index (κ1) is 17.6.